The van der Waals surface area contributed by atoms with Crippen LogP contribution in [0, 0.1) is 0 Å². The molecule has 1 saturated carbocycles. The Balaban J connectivity index is 2.00. The molecule has 0 spiro atoms. The maximum atomic E-state index is 2.49. The van der Waals surface area contributed by atoms with Crippen LogP contribution >= 0.6 is 0 Å². The second-order valence-electron chi connectivity index (χ2n) is 4.56. The SMILES string of the molecule is CN(C)C1CC1c1c[se]c2ccccc12. The molecule has 0 amide bonds. The molecule has 1 fully saturated rings. The first kappa shape index (κ1) is 9.65. The number of hydrogen-bond acceptors (Lipinski definition) is 1. The van der Waals surface area contributed by atoms with Gasteiger partial charge in [-0.2, -0.15) is 0 Å². The van der Waals surface area contributed by atoms with E-state index in [1.807, 2.05) is 0 Å². The molecule has 15 heavy (non-hydrogen) atoms. The monoisotopic (exact) mass is 265 g/mol. The van der Waals surface area contributed by atoms with E-state index in [9.17, 15) is 0 Å². The molecule has 3 rings (SSSR count). The van der Waals surface area contributed by atoms with Crippen LogP contribution in [0.1, 0.15) is 17.9 Å². The molecule has 0 saturated heterocycles. The Hall–Kier alpha value is -0.561. The number of likely N-dealkylation sites (N-methyl/N-ethyl adjacent to an activating group) is 1. The van der Waals surface area contributed by atoms with Gasteiger partial charge in [0.1, 0.15) is 0 Å². The Bertz CT molecular complexity index is 486. The summed E-state index contributed by atoms with van der Waals surface area (Å²) >= 11 is 0.589. The summed E-state index contributed by atoms with van der Waals surface area (Å²) in [5.74, 6) is 0.811. The first-order valence-corrected chi connectivity index (χ1v) is 7.24. The van der Waals surface area contributed by atoms with E-state index in [0.717, 1.165) is 12.0 Å². The summed E-state index contributed by atoms with van der Waals surface area (Å²) in [4.78, 5) is 4.85. The van der Waals surface area contributed by atoms with Gasteiger partial charge in [0, 0.05) is 0 Å². The van der Waals surface area contributed by atoms with Gasteiger partial charge in [0.25, 0.3) is 0 Å². The molecule has 0 radical (unpaired) electrons. The summed E-state index contributed by atoms with van der Waals surface area (Å²) < 4.78 is 1.57. The van der Waals surface area contributed by atoms with Crippen molar-refractivity contribution >= 4 is 24.1 Å². The number of fused-ring (bicyclic) bond motifs is 1. The Morgan fingerprint density at radius 3 is 2.80 bits per heavy atom. The van der Waals surface area contributed by atoms with Gasteiger partial charge in [-0.25, -0.2) is 0 Å². The van der Waals surface area contributed by atoms with Crippen molar-refractivity contribution in [2.45, 2.75) is 18.4 Å². The van der Waals surface area contributed by atoms with Gasteiger partial charge in [0.2, 0.25) is 0 Å². The fourth-order valence-electron chi connectivity index (χ4n) is 2.37. The van der Waals surface area contributed by atoms with Crippen LogP contribution in [0.4, 0.5) is 0 Å². The number of rotatable bonds is 2. The minimum absolute atomic E-state index is 0.589. The van der Waals surface area contributed by atoms with Gasteiger partial charge in [-0.05, 0) is 0 Å². The quantitative estimate of drug-likeness (QED) is 0.752. The molecule has 1 aliphatic rings. The van der Waals surface area contributed by atoms with Crippen molar-refractivity contribution in [3.8, 4) is 0 Å². The topological polar surface area (TPSA) is 3.24 Å². The third-order valence-corrected chi connectivity index (χ3v) is 5.39. The van der Waals surface area contributed by atoms with Crippen molar-refractivity contribution in [2.24, 2.45) is 0 Å². The average Bonchev–Trinajstić information content (AvgIpc) is 2.92. The summed E-state index contributed by atoms with van der Waals surface area (Å²) in [6.45, 7) is 0. The van der Waals surface area contributed by atoms with Gasteiger partial charge in [-0.1, -0.05) is 0 Å². The molecule has 1 aromatic heterocycles. The second kappa shape index (κ2) is 3.48. The summed E-state index contributed by atoms with van der Waals surface area (Å²) in [7, 11) is 4.38. The van der Waals surface area contributed by atoms with E-state index >= 15 is 0 Å². The minimum atomic E-state index is 0.589. The molecule has 1 heterocycles. The van der Waals surface area contributed by atoms with E-state index in [1.54, 1.807) is 9.82 Å². The molecule has 1 aliphatic carbocycles. The summed E-state index contributed by atoms with van der Waals surface area (Å²) in [6.07, 6.45) is 1.35. The molecule has 0 aliphatic heterocycles. The van der Waals surface area contributed by atoms with Gasteiger partial charge in [-0.3, -0.25) is 0 Å². The van der Waals surface area contributed by atoms with Crippen molar-refractivity contribution < 1.29 is 0 Å². The van der Waals surface area contributed by atoms with Crippen molar-refractivity contribution in [2.75, 3.05) is 14.1 Å². The zero-order chi connectivity index (χ0) is 10.4. The summed E-state index contributed by atoms with van der Waals surface area (Å²) in [6, 6.07) is 9.69. The normalized spacial score (nSPS) is 25.0. The molecule has 0 N–H and O–H groups in total. The van der Waals surface area contributed by atoms with Gasteiger partial charge < -0.3 is 0 Å². The maximum absolute atomic E-state index is 2.49. The Morgan fingerprint density at radius 2 is 2.07 bits per heavy atom. The van der Waals surface area contributed by atoms with Crippen LogP contribution in [-0.4, -0.2) is 39.5 Å². The Labute approximate surface area is 96.4 Å². The molecule has 0 bridgehead atoms. The molecule has 1 aromatic carbocycles. The summed E-state index contributed by atoms with van der Waals surface area (Å²) in [5.41, 5.74) is 1.63. The average molecular weight is 264 g/mol. The Morgan fingerprint density at radius 1 is 1.27 bits per heavy atom. The van der Waals surface area contributed by atoms with Crippen LogP contribution in [0.2, 0.25) is 0 Å². The standard InChI is InChI=1S/C13H15NSe/c1-14(2)12-7-10(12)11-8-15-13-6-4-3-5-9(11)13/h3-6,8,10,12H,7H2,1-2H3. The zero-order valence-electron chi connectivity index (χ0n) is 9.10. The van der Waals surface area contributed by atoms with E-state index in [4.69, 9.17) is 0 Å². The third-order valence-electron chi connectivity index (χ3n) is 3.33. The molecule has 2 aromatic rings. The van der Waals surface area contributed by atoms with Crippen LogP contribution in [0.15, 0.2) is 29.2 Å². The first-order valence-electron chi connectivity index (χ1n) is 5.40. The molecule has 2 heteroatoms. The molecular formula is C13H15NSe. The Kier molecular flexibility index (Phi) is 2.24. The van der Waals surface area contributed by atoms with Crippen molar-refractivity contribution in [1.29, 1.82) is 0 Å². The predicted octanol–water partition coefficient (Wildman–Crippen LogP) is 2.31. The number of nitrogens with zero attached hydrogens (tertiary/aromatic N) is 1. The zero-order valence-corrected chi connectivity index (χ0v) is 10.8. The van der Waals surface area contributed by atoms with Crippen molar-refractivity contribution in [1.82, 2.24) is 4.90 Å². The summed E-state index contributed by atoms with van der Waals surface area (Å²) in [5, 5.41) is 1.53. The van der Waals surface area contributed by atoms with E-state index in [2.05, 4.69) is 48.2 Å². The van der Waals surface area contributed by atoms with Gasteiger partial charge in [0.05, 0.1) is 0 Å². The number of benzene rings is 1. The molecular weight excluding hydrogens is 249 g/mol. The van der Waals surface area contributed by atoms with Gasteiger partial charge >= 0.3 is 96.3 Å². The third kappa shape index (κ3) is 1.57. The van der Waals surface area contributed by atoms with Crippen LogP contribution in [-0.2, 0) is 0 Å². The second-order valence-corrected chi connectivity index (χ2v) is 6.47. The van der Waals surface area contributed by atoms with Crippen LogP contribution in [0.25, 0.3) is 9.65 Å². The predicted molar refractivity (Wildman–Crippen MR) is 65.7 cm³/mol. The van der Waals surface area contributed by atoms with Crippen molar-refractivity contribution in [3.63, 3.8) is 0 Å². The van der Waals surface area contributed by atoms with Crippen LogP contribution in [0.5, 0.6) is 0 Å². The van der Waals surface area contributed by atoms with Crippen LogP contribution < -0.4 is 0 Å². The van der Waals surface area contributed by atoms with Gasteiger partial charge in [-0.15, -0.1) is 0 Å². The first-order chi connectivity index (χ1) is 7.27. The van der Waals surface area contributed by atoms with E-state index < -0.39 is 0 Å². The molecule has 2 atom stereocenters. The molecule has 1 nitrogen and oxygen atoms in total. The number of hydrogen-bond donors (Lipinski definition) is 0. The molecule has 78 valence electrons. The van der Waals surface area contributed by atoms with Gasteiger partial charge in [0.15, 0.2) is 0 Å². The van der Waals surface area contributed by atoms with E-state index in [0.29, 0.717) is 14.5 Å². The molecule has 2 unspecified atom stereocenters. The van der Waals surface area contributed by atoms with E-state index in [1.165, 1.54) is 11.8 Å². The fraction of sp³-hybridized carbons (Fsp3) is 0.385. The van der Waals surface area contributed by atoms with Crippen LogP contribution in [0.3, 0.4) is 0 Å². The van der Waals surface area contributed by atoms with Crippen molar-refractivity contribution in [3.05, 3.63) is 34.8 Å². The fourth-order valence-corrected chi connectivity index (χ4v) is 4.52. The van der Waals surface area contributed by atoms with E-state index in [-0.39, 0.29) is 0 Å².